The van der Waals surface area contributed by atoms with Gasteiger partial charge in [0.2, 0.25) is 0 Å². The highest BCUT2D eigenvalue weighted by molar-refractivity contribution is 6.30. The zero-order chi connectivity index (χ0) is 16.8. The maximum absolute atomic E-state index is 11.9. The number of nitrogens with zero attached hydrogens (tertiary/aromatic N) is 1. The van der Waals surface area contributed by atoms with Gasteiger partial charge >= 0.3 is 5.97 Å². The van der Waals surface area contributed by atoms with Crippen molar-refractivity contribution in [3.8, 4) is 5.75 Å². The van der Waals surface area contributed by atoms with Gasteiger partial charge in [-0.3, -0.25) is 14.5 Å². The third kappa shape index (κ3) is 5.41. The van der Waals surface area contributed by atoms with Crippen LogP contribution in [0.25, 0.3) is 0 Å². The molecule has 1 fully saturated rings. The van der Waals surface area contributed by atoms with Crippen LogP contribution >= 0.6 is 11.6 Å². The van der Waals surface area contributed by atoms with E-state index >= 15 is 0 Å². The Labute approximate surface area is 140 Å². The number of amides is 1. The highest BCUT2D eigenvalue weighted by atomic mass is 35.5. The molecule has 7 heteroatoms. The van der Waals surface area contributed by atoms with Crippen LogP contribution in [0, 0.1) is 0 Å². The summed E-state index contributed by atoms with van der Waals surface area (Å²) in [4.78, 5) is 24.5. The van der Waals surface area contributed by atoms with Crippen molar-refractivity contribution in [2.24, 2.45) is 0 Å². The molecular formula is C16H21ClN2O4. The Balaban J connectivity index is 1.68. The van der Waals surface area contributed by atoms with Crippen molar-refractivity contribution in [2.75, 3.05) is 19.7 Å². The predicted molar refractivity (Wildman–Crippen MR) is 86.8 cm³/mol. The summed E-state index contributed by atoms with van der Waals surface area (Å²) >= 11 is 5.84. The molecule has 0 heterocycles. The van der Waals surface area contributed by atoms with E-state index in [0.29, 0.717) is 17.3 Å². The van der Waals surface area contributed by atoms with Gasteiger partial charge in [0.15, 0.2) is 6.61 Å². The fourth-order valence-electron chi connectivity index (χ4n) is 2.65. The fourth-order valence-corrected chi connectivity index (χ4v) is 2.83. The molecule has 0 aliphatic heterocycles. The molecule has 0 unspecified atom stereocenters. The summed E-state index contributed by atoms with van der Waals surface area (Å²) in [5.41, 5.74) is 0. The minimum atomic E-state index is -0.825. The van der Waals surface area contributed by atoms with Gasteiger partial charge in [0.25, 0.3) is 5.91 Å². The van der Waals surface area contributed by atoms with E-state index in [1.165, 1.54) is 0 Å². The van der Waals surface area contributed by atoms with E-state index in [9.17, 15) is 9.59 Å². The van der Waals surface area contributed by atoms with Gasteiger partial charge in [-0.25, -0.2) is 0 Å². The molecule has 6 nitrogen and oxygen atoms in total. The third-order valence-electron chi connectivity index (χ3n) is 3.91. The number of hydrogen-bond acceptors (Lipinski definition) is 4. The largest absolute Gasteiger partial charge is 0.484 e. The third-order valence-corrected chi connectivity index (χ3v) is 4.14. The molecule has 1 saturated carbocycles. The van der Waals surface area contributed by atoms with Crippen LogP contribution in [0.3, 0.4) is 0 Å². The highest BCUT2D eigenvalue weighted by Crippen LogP contribution is 2.25. The molecule has 1 aromatic carbocycles. The van der Waals surface area contributed by atoms with Gasteiger partial charge in [0.05, 0.1) is 6.54 Å². The number of carbonyl (C=O) groups is 2. The second-order valence-electron chi connectivity index (χ2n) is 5.59. The Bertz CT molecular complexity index is 561. The number of carboxylic acids is 1. The summed E-state index contributed by atoms with van der Waals surface area (Å²) in [6.45, 7) is 2.61. The quantitative estimate of drug-likeness (QED) is 0.754. The lowest BCUT2D eigenvalue weighted by Gasteiger charge is -2.42. The molecule has 0 atom stereocenters. The summed E-state index contributed by atoms with van der Waals surface area (Å²) in [5, 5.41) is 12.3. The SMILES string of the molecule is CCN(CC(=O)O)C1CC(NC(=O)COc2cccc(Cl)c2)C1. The number of halogens is 1. The van der Waals surface area contributed by atoms with Gasteiger partial charge in [-0.05, 0) is 37.6 Å². The second kappa shape index (κ2) is 8.17. The Morgan fingerprint density at radius 3 is 2.78 bits per heavy atom. The average Bonchev–Trinajstić information content (AvgIpc) is 2.46. The molecular weight excluding hydrogens is 320 g/mol. The summed E-state index contributed by atoms with van der Waals surface area (Å²) < 4.78 is 5.38. The molecule has 2 rings (SSSR count). The van der Waals surface area contributed by atoms with Gasteiger partial charge in [-0.15, -0.1) is 0 Å². The molecule has 1 aromatic rings. The molecule has 1 aliphatic rings. The van der Waals surface area contributed by atoms with Crippen LogP contribution in [0.1, 0.15) is 19.8 Å². The van der Waals surface area contributed by atoms with Crippen LogP contribution in [0.4, 0.5) is 0 Å². The van der Waals surface area contributed by atoms with E-state index in [-0.39, 0.29) is 31.1 Å². The number of carboxylic acid groups (broad SMARTS) is 1. The fraction of sp³-hybridized carbons (Fsp3) is 0.500. The first kappa shape index (κ1) is 17.6. The summed E-state index contributed by atoms with van der Waals surface area (Å²) in [7, 11) is 0. The normalized spacial score (nSPS) is 20.0. The number of carbonyl (C=O) groups excluding carboxylic acids is 1. The van der Waals surface area contributed by atoms with Crippen molar-refractivity contribution >= 4 is 23.5 Å². The zero-order valence-electron chi connectivity index (χ0n) is 13.0. The summed E-state index contributed by atoms with van der Waals surface area (Å²) in [6, 6.07) is 7.18. The number of benzene rings is 1. The monoisotopic (exact) mass is 340 g/mol. The maximum Gasteiger partial charge on any atom is 0.317 e. The Kier molecular flexibility index (Phi) is 6.24. The lowest BCUT2D eigenvalue weighted by molar-refractivity contribution is -0.139. The first-order chi connectivity index (χ1) is 11.0. The topological polar surface area (TPSA) is 78.9 Å². The molecule has 23 heavy (non-hydrogen) atoms. The number of rotatable bonds is 8. The van der Waals surface area contributed by atoms with Crippen molar-refractivity contribution in [2.45, 2.75) is 31.8 Å². The molecule has 0 saturated heterocycles. The van der Waals surface area contributed by atoms with Crippen molar-refractivity contribution < 1.29 is 19.4 Å². The number of nitrogens with one attached hydrogen (secondary N) is 1. The van der Waals surface area contributed by atoms with Gasteiger partial charge < -0.3 is 15.2 Å². The zero-order valence-corrected chi connectivity index (χ0v) is 13.8. The Hall–Kier alpha value is -1.79. The van der Waals surface area contributed by atoms with Gasteiger partial charge in [0.1, 0.15) is 5.75 Å². The minimum Gasteiger partial charge on any atom is -0.484 e. The molecule has 0 radical (unpaired) electrons. The predicted octanol–water partition coefficient (Wildman–Crippen LogP) is 1.77. The van der Waals surface area contributed by atoms with Crippen LogP contribution in [0.15, 0.2) is 24.3 Å². The molecule has 0 aromatic heterocycles. The molecule has 2 N–H and O–H groups in total. The first-order valence-electron chi connectivity index (χ1n) is 7.61. The average molecular weight is 341 g/mol. The van der Waals surface area contributed by atoms with Crippen LogP contribution in [0.2, 0.25) is 5.02 Å². The summed E-state index contributed by atoms with van der Waals surface area (Å²) in [6.07, 6.45) is 1.54. The number of hydrogen-bond donors (Lipinski definition) is 2. The lowest BCUT2D eigenvalue weighted by atomic mass is 9.85. The number of likely N-dealkylation sites (N-methyl/N-ethyl adjacent to an activating group) is 1. The van der Waals surface area contributed by atoms with Gasteiger partial charge in [0, 0.05) is 17.1 Å². The number of ether oxygens (including phenoxy) is 1. The van der Waals surface area contributed by atoms with Crippen molar-refractivity contribution in [3.05, 3.63) is 29.3 Å². The van der Waals surface area contributed by atoms with Crippen molar-refractivity contribution in [3.63, 3.8) is 0 Å². The molecule has 0 bridgehead atoms. The van der Waals surface area contributed by atoms with E-state index < -0.39 is 5.97 Å². The molecule has 126 valence electrons. The van der Waals surface area contributed by atoms with E-state index in [1.807, 2.05) is 11.8 Å². The van der Waals surface area contributed by atoms with Gasteiger partial charge in [-0.1, -0.05) is 24.6 Å². The Morgan fingerprint density at radius 2 is 2.17 bits per heavy atom. The molecule has 1 amide bonds. The van der Waals surface area contributed by atoms with Crippen LogP contribution in [0.5, 0.6) is 5.75 Å². The summed E-state index contributed by atoms with van der Waals surface area (Å²) in [5.74, 6) is -0.457. The number of aliphatic carboxylic acids is 1. The van der Waals surface area contributed by atoms with E-state index in [2.05, 4.69) is 5.32 Å². The van der Waals surface area contributed by atoms with Crippen molar-refractivity contribution in [1.82, 2.24) is 10.2 Å². The van der Waals surface area contributed by atoms with E-state index in [0.717, 1.165) is 12.8 Å². The second-order valence-corrected chi connectivity index (χ2v) is 6.03. The smallest absolute Gasteiger partial charge is 0.317 e. The Morgan fingerprint density at radius 1 is 1.43 bits per heavy atom. The first-order valence-corrected chi connectivity index (χ1v) is 7.99. The highest BCUT2D eigenvalue weighted by Gasteiger charge is 2.34. The van der Waals surface area contributed by atoms with Crippen molar-refractivity contribution in [1.29, 1.82) is 0 Å². The standard InChI is InChI=1S/C16H21ClN2O4/c1-2-19(9-16(21)22)13-7-12(8-13)18-15(20)10-23-14-5-3-4-11(17)6-14/h3-6,12-13H,2,7-10H2,1H3,(H,18,20)(H,21,22). The molecule has 0 spiro atoms. The van der Waals surface area contributed by atoms with Crippen LogP contribution in [-0.2, 0) is 9.59 Å². The van der Waals surface area contributed by atoms with Gasteiger partial charge in [-0.2, -0.15) is 0 Å². The van der Waals surface area contributed by atoms with Crippen LogP contribution < -0.4 is 10.1 Å². The maximum atomic E-state index is 11.9. The lowest BCUT2D eigenvalue weighted by Crippen LogP contribution is -2.55. The minimum absolute atomic E-state index is 0.0414. The molecule has 1 aliphatic carbocycles. The van der Waals surface area contributed by atoms with E-state index in [1.54, 1.807) is 24.3 Å². The van der Waals surface area contributed by atoms with Crippen LogP contribution in [-0.4, -0.2) is 53.7 Å². The van der Waals surface area contributed by atoms with E-state index in [4.69, 9.17) is 21.4 Å².